The van der Waals surface area contributed by atoms with E-state index in [2.05, 4.69) is 24.1 Å². The third kappa shape index (κ3) is 2.61. The molecule has 5 heteroatoms. The van der Waals surface area contributed by atoms with E-state index in [4.69, 9.17) is 0 Å². The molecule has 5 nitrogen and oxygen atoms in total. The lowest BCUT2D eigenvalue weighted by atomic mass is 10.1. The first-order chi connectivity index (χ1) is 9.58. The van der Waals surface area contributed by atoms with Crippen molar-refractivity contribution in [2.75, 3.05) is 20.1 Å². The van der Waals surface area contributed by atoms with E-state index in [1.807, 2.05) is 17.2 Å². The molecule has 2 heterocycles. The van der Waals surface area contributed by atoms with Crippen LogP contribution >= 0.6 is 0 Å². The topological polar surface area (TPSA) is 45.6 Å². The Kier molecular flexibility index (Phi) is 4.27. The van der Waals surface area contributed by atoms with Crippen LogP contribution < -0.4 is 0 Å². The molecule has 2 rings (SSSR count). The van der Waals surface area contributed by atoms with Crippen LogP contribution in [0.3, 0.4) is 0 Å². The lowest BCUT2D eigenvalue weighted by Crippen LogP contribution is -2.46. The number of likely N-dealkylation sites (N-methyl/N-ethyl adjacent to an activating group) is 1. The van der Waals surface area contributed by atoms with Gasteiger partial charge in [-0.05, 0) is 24.6 Å². The summed E-state index contributed by atoms with van der Waals surface area (Å²) in [7, 11) is 1.62. The van der Waals surface area contributed by atoms with Gasteiger partial charge < -0.3 is 14.4 Å². The van der Waals surface area contributed by atoms with Crippen molar-refractivity contribution in [3.05, 3.63) is 36.7 Å². The molecule has 0 bridgehead atoms. The van der Waals surface area contributed by atoms with Gasteiger partial charge >= 0.3 is 0 Å². The molecule has 0 fully saturated rings. The highest BCUT2D eigenvalue weighted by atomic mass is 16.2. The molecule has 0 N–H and O–H groups in total. The molecule has 2 amide bonds. The van der Waals surface area contributed by atoms with Crippen LogP contribution in [-0.2, 0) is 16.1 Å². The van der Waals surface area contributed by atoms with Gasteiger partial charge in [0, 0.05) is 32.0 Å². The fraction of sp³-hybridized carbons (Fsp3) is 0.467. The average Bonchev–Trinajstić information content (AvgIpc) is 2.93. The highest BCUT2D eigenvalue weighted by molar-refractivity contribution is 5.90. The second-order valence-electron chi connectivity index (χ2n) is 5.04. The maximum absolute atomic E-state index is 12.4. The summed E-state index contributed by atoms with van der Waals surface area (Å²) < 4.78 is 2.19. The van der Waals surface area contributed by atoms with Crippen molar-refractivity contribution in [2.24, 2.45) is 0 Å². The van der Waals surface area contributed by atoms with E-state index in [0.29, 0.717) is 6.54 Å². The van der Waals surface area contributed by atoms with E-state index in [1.165, 1.54) is 16.7 Å². The van der Waals surface area contributed by atoms with E-state index < -0.39 is 0 Å². The van der Waals surface area contributed by atoms with Crippen LogP contribution in [0.15, 0.2) is 31.0 Å². The van der Waals surface area contributed by atoms with Crippen LogP contribution in [-0.4, -0.2) is 46.3 Å². The normalized spacial score (nSPS) is 17.5. The summed E-state index contributed by atoms with van der Waals surface area (Å²) in [4.78, 5) is 27.2. The van der Waals surface area contributed by atoms with Gasteiger partial charge in [0.2, 0.25) is 11.8 Å². The summed E-state index contributed by atoms with van der Waals surface area (Å²) in [6.45, 7) is 7.11. The van der Waals surface area contributed by atoms with Gasteiger partial charge in [0.15, 0.2) is 0 Å². The fourth-order valence-corrected chi connectivity index (χ4v) is 2.72. The van der Waals surface area contributed by atoms with Crippen molar-refractivity contribution < 1.29 is 9.59 Å². The Balaban J connectivity index is 2.11. The molecule has 0 spiro atoms. The summed E-state index contributed by atoms with van der Waals surface area (Å²) in [6.07, 6.45) is 4.15. The zero-order chi connectivity index (χ0) is 14.7. The predicted octanol–water partition coefficient (Wildman–Crippen LogP) is 1.43. The summed E-state index contributed by atoms with van der Waals surface area (Å²) in [5.74, 6) is -0.242. The Morgan fingerprint density at radius 3 is 2.90 bits per heavy atom. The summed E-state index contributed by atoms with van der Waals surface area (Å²) >= 11 is 0. The Morgan fingerprint density at radius 2 is 2.25 bits per heavy atom. The zero-order valence-corrected chi connectivity index (χ0v) is 12.1. The number of hydrogen-bond acceptors (Lipinski definition) is 2. The van der Waals surface area contributed by atoms with Gasteiger partial charge in [-0.1, -0.05) is 13.5 Å². The minimum Gasteiger partial charge on any atom is -0.348 e. The lowest BCUT2D eigenvalue weighted by molar-refractivity contribution is -0.140. The second kappa shape index (κ2) is 5.94. The zero-order valence-electron chi connectivity index (χ0n) is 12.1. The first-order valence-electron chi connectivity index (χ1n) is 6.90. The molecule has 108 valence electrons. The second-order valence-corrected chi connectivity index (χ2v) is 5.04. The minimum atomic E-state index is -0.230. The molecular formula is C15H21N3O2. The number of carbonyl (C=O) groups excluding carboxylic acids is 2. The van der Waals surface area contributed by atoms with Gasteiger partial charge in [0.25, 0.3) is 0 Å². The third-order valence-corrected chi connectivity index (χ3v) is 3.79. The van der Waals surface area contributed by atoms with Crippen LogP contribution in [0.4, 0.5) is 0 Å². The number of fused-ring (bicyclic) bond motifs is 1. The minimum absolute atomic E-state index is 0.0120. The van der Waals surface area contributed by atoms with E-state index in [9.17, 15) is 9.59 Å². The van der Waals surface area contributed by atoms with Crippen LogP contribution in [0.1, 0.15) is 25.1 Å². The summed E-state index contributed by atoms with van der Waals surface area (Å²) in [5, 5.41) is 0. The molecule has 0 saturated carbocycles. The van der Waals surface area contributed by atoms with E-state index in [0.717, 1.165) is 13.0 Å². The fourth-order valence-electron chi connectivity index (χ4n) is 2.72. The van der Waals surface area contributed by atoms with Crippen LogP contribution in [0.2, 0.25) is 0 Å². The maximum Gasteiger partial charge on any atom is 0.246 e. The quantitative estimate of drug-likeness (QED) is 0.780. The molecule has 1 aromatic rings. The molecule has 20 heavy (non-hydrogen) atoms. The Hall–Kier alpha value is -2.04. The molecule has 1 aliphatic rings. The highest BCUT2D eigenvalue weighted by Crippen LogP contribution is 2.28. The van der Waals surface area contributed by atoms with E-state index in [1.54, 1.807) is 7.05 Å². The standard InChI is InChI=1S/C15H21N3O2/c1-4-12-13-7-6-8-17(13)9-10-18(12)15(20)11-16(3)14(19)5-2/h5-8,12H,2,4,9-11H2,1,3H3. The lowest BCUT2D eigenvalue weighted by Gasteiger charge is -2.37. The van der Waals surface area contributed by atoms with Crippen molar-refractivity contribution >= 4 is 11.8 Å². The van der Waals surface area contributed by atoms with Gasteiger partial charge in [-0.25, -0.2) is 0 Å². The molecule has 1 unspecified atom stereocenters. The Labute approximate surface area is 119 Å². The smallest absolute Gasteiger partial charge is 0.246 e. The van der Waals surface area contributed by atoms with Gasteiger partial charge in [-0.15, -0.1) is 0 Å². The number of amides is 2. The SMILES string of the molecule is C=CC(=O)N(C)CC(=O)N1CCn2cccc2C1CC. The van der Waals surface area contributed by atoms with Crippen LogP contribution in [0.5, 0.6) is 0 Å². The van der Waals surface area contributed by atoms with Crippen molar-refractivity contribution in [3.8, 4) is 0 Å². The molecule has 0 saturated heterocycles. The summed E-state index contributed by atoms with van der Waals surface area (Å²) in [5.41, 5.74) is 1.17. The molecule has 1 atom stereocenters. The van der Waals surface area contributed by atoms with Crippen molar-refractivity contribution in [3.63, 3.8) is 0 Å². The molecule has 0 aliphatic carbocycles. The van der Waals surface area contributed by atoms with Crippen molar-refractivity contribution in [2.45, 2.75) is 25.9 Å². The highest BCUT2D eigenvalue weighted by Gasteiger charge is 2.30. The molecule has 0 radical (unpaired) electrons. The number of hydrogen-bond donors (Lipinski definition) is 0. The number of nitrogens with zero attached hydrogens (tertiary/aromatic N) is 3. The monoisotopic (exact) mass is 275 g/mol. The number of carbonyl (C=O) groups is 2. The first kappa shape index (κ1) is 14.4. The van der Waals surface area contributed by atoms with E-state index in [-0.39, 0.29) is 24.4 Å². The average molecular weight is 275 g/mol. The number of aromatic nitrogens is 1. The summed E-state index contributed by atoms with van der Waals surface area (Å²) in [6, 6.07) is 4.17. The van der Waals surface area contributed by atoms with Crippen molar-refractivity contribution in [1.29, 1.82) is 0 Å². The number of rotatable bonds is 4. The maximum atomic E-state index is 12.4. The van der Waals surface area contributed by atoms with E-state index >= 15 is 0 Å². The largest absolute Gasteiger partial charge is 0.348 e. The molecule has 1 aromatic heterocycles. The van der Waals surface area contributed by atoms with Gasteiger partial charge in [0.1, 0.15) is 0 Å². The first-order valence-corrected chi connectivity index (χ1v) is 6.90. The molecular weight excluding hydrogens is 254 g/mol. The van der Waals surface area contributed by atoms with Gasteiger partial charge in [-0.2, -0.15) is 0 Å². The Bertz CT molecular complexity index is 521. The van der Waals surface area contributed by atoms with Crippen molar-refractivity contribution in [1.82, 2.24) is 14.4 Å². The van der Waals surface area contributed by atoms with Crippen LogP contribution in [0, 0.1) is 0 Å². The van der Waals surface area contributed by atoms with Crippen LogP contribution in [0.25, 0.3) is 0 Å². The third-order valence-electron chi connectivity index (χ3n) is 3.79. The Morgan fingerprint density at radius 1 is 1.50 bits per heavy atom. The van der Waals surface area contributed by atoms with Gasteiger partial charge in [-0.3, -0.25) is 9.59 Å². The molecule has 1 aliphatic heterocycles. The predicted molar refractivity (Wildman–Crippen MR) is 77.0 cm³/mol. The molecule has 0 aromatic carbocycles. The van der Waals surface area contributed by atoms with Gasteiger partial charge in [0.05, 0.1) is 12.6 Å².